The Bertz CT molecular complexity index is 790. The van der Waals surface area contributed by atoms with E-state index in [1.165, 1.54) is 6.07 Å². The minimum absolute atomic E-state index is 0.127. The van der Waals surface area contributed by atoms with Crippen molar-refractivity contribution in [1.29, 1.82) is 0 Å². The summed E-state index contributed by atoms with van der Waals surface area (Å²) in [6.07, 6.45) is 5.01. The van der Waals surface area contributed by atoms with Crippen LogP contribution in [-0.4, -0.2) is 26.4 Å². The highest BCUT2D eigenvalue weighted by Crippen LogP contribution is 2.21. The summed E-state index contributed by atoms with van der Waals surface area (Å²) in [6, 6.07) is 11.7. The lowest BCUT2D eigenvalue weighted by molar-refractivity contribution is -0.113. The number of nitrogens with zero attached hydrogens (tertiary/aromatic N) is 3. The summed E-state index contributed by atoms with van der Waals surface area (Å²) in [5.41, 5.74) is 0.583. The molecule has 0 radical (unpaired) electrons. The van der Waals surface area contributed by atoms with Crippen LogP contribution in [-0.2, 0) is 4.79 Å². The van der Waals surface area contributed by atoms with Crippen molar-refractivity contribution in [2.75, 3.05) is 11.1 Å². The SMILES string of the molecule is O=C(CSc1ccccc1F)Nc1ccc(-n2cccn2)nc1. The maximum Gasteiger partial charge on any atom is 0.234 e. The van der Waals surface area contributed by atoms with Crippen LogP contribution in [0.2, 0.25) is 0 Å². The first-order valence-corrected chi connectivity index (χ1v) is 7.84. The summed E-state index contributed by atoms with van der Waals surface area (Å²) in [6.45, 7) is 0. The third-order valence-electron chi connectivity index (χ3n) is 2.97. The largest absolute Gasteiger partial charge is 0.324 e. The van der Waals surface area contributed by atoms with E-state index in [9.17, 15) is 9.18 Å². The second kappa shape index (κ2) is 7.06. The topological polar surface area (TPSA) is 59.8 Å². The van der Waals surface area contributed by atoms with Crippen molar-refractivity contribution in [3.05, 3.63) is 66.9 Å². The van der Waals surface area contributed by atoms with Crippen molar-refractivity contribution in [2.24, 2.45) is 0 Å². The number of aromatic nitrogens is 3. The molecule has 0 unspecified atom stereocenters. The number of hydrogen-bond donors (Lipinski definition) is 1. The Balaban J connectivity index is 1.57. The Kier molecular flexibility index (Phi) is 4.68. The van der Waals surface area contributed by atoms with Crippen LogP contribution in [0.1, 0.15) is 0 Å². The van der Waals surface area contributed by atoms with Gasteiger partial charge in [0.25, 0.3) is 0 Å². The molecule has 1 N–H and O–H groups in total. The Morgan fingerprint density at radius 2 is 2.09 bits per heavy atom. The molecule has 0 atom stereocenters. The minimum atomic E-state index is -0.324. The fourth-order valence-corrected chi connectivity index (χ4v) is 2.64. The molecule has 0 fully saturated rings. The van der Waals surface area contributed by atoms with Gasteiger partial charge in [0, 0.05) is 17.3 Å². The highest BCUT2D eigenvalue weighted by molar-refractivity contribution is 8.00. The van der Waals surface area contributed by atoms with Gasteiger partial charge in [-0.1, -0.05) is 12.1 Å². The molecule has 3 rings (SSSR count). The minimum Gasteiger partial charge on any atom is -0.324 e. The Morgan fingerprint density at radius 1 is 1.22 bits per heavy atom. The van der Waals surface area contributed by atoms with Crippen LogP contribution < -0.4 is 5.32 Å². The fourth-order valence-electron chi connectivity index (χ4n) is 1.90. The molecule has 1 amide bonds. The van der Waals surface area contributed by atoms with Crippen LogP contribution in [0.15, 0.2) is 66.0 Å². The molecular weight excluding hydrogens is 315 g/mol. The van der Waals surface area contributed by atoms with E-state index < -0.39 is 0 Å². The van der Waals surface area contributed by atoms with Crippen molar-refractivity contribution in [3.8, 4) is 5.82 Å². The van der Waals surface area contributed by atoms with Gasteiger partial charge < -0.3 is 5.32 Å². The lowest BCUT2D eigenvalue weighted by Crippen LogP contribution is -2.14. The summed E-state index contributed by atoms with van der Waals surface area (Å²) in [5, 5.41) is 6.81. The maximum absolute atomic E-state index is 13.5. The zero-order valence-electron chi connectivity index (χ0n) is 12.0. The number of thioether (sulfide) groups is 1. The number of anilines is 1. The molecule has 116 valence electrons. The number of nitrogens with one attached hydrogen (secondary N) is 1. The van der Waals surface area contributed by atoms with E-state index >= 15 is 0 Å². The number of carbonyl (C=O) groups excluding carboxylic acids is 1. The van der Waals surface area contributed by atoms with Gasteiger partial charge in [-0.25, -0.2) is 14.1 Å². The maximum atomic E-state index is 13.5. The van der Waals surface area contributed by atoms with Gasteiger partial charge in [0.15, 0.2) is 5.82 Å². The number of pyridine rings is 1. The standard InChI is InChI=1S/C16H13FN4OS/c17-13-4-1-2-5-14(13)23-11-16(22)20-12-6-7-15(18-10-12)21-9-3-8-19-21/h1-10H,11H2,(H,20,22). The first-order valence-electron chi connectivity index (χ1n) is 6.85. The Labute approximate surface area is 136 Å². The Morgan fingerprint density at radius 3 is 2.78 bits per heavy atom. The van der Waals surface area contributed by atoms with Crippen molar-refractivity contribution in [3.63, 3.8) is 0 Å². The highest BCUT2D eigenvalue weighted by Gasteiger charge is 2.07. The van der Waals surface area contributed by atoms with Gasteiger partial charge in [0.1, 0.15) is 5.82 Å². The molecule has 0 aliphatic carbocycles. The Hall–Kier alpha value is -2.67. The molecule has 7 heteroatoms. The van der Waals surface area contributed by atoms with Crippen LogP contribution in [0.5, 0.6) is 0 Å². The van der Waals surface area contributed by atoms with E-state index in [2.05, 4.69) is 15.4 Å². The first-order chi connectivity index (χ1) is 11.2. The number of carbonyl (C=O) groups is 1. The molecule has 23 heavy (non-hydrogen) atoms. The van der Waals surface area contributed by atoms with Crippen molar-refractivity contribution >= 4 is 23.4 Å². The normalized spacial score (nSPS) is 10.5. The quantitative estimate of drug-likeness (QED) is 0.731. The average molecular weight is 328 g/mol. The molecule has 0 bridgehead atoms. The molecule has 2 aromatic heterocycles. The molecule has 1 aromatic carbocycles. The first kappa shape index (κ1) is 15.2. The average Bonchev–Trinajstić information content (AvgIpc) is 3.09. The van der Waals surface area contributed by atoms with Gasteiger partial charge in [-0.3, -0.25) is 4.79 Å². The zero-order valence-corrected chi connectivity index (χ0v) is 12.8. The molecule has 2 heterocycles. The van der Waals surface area contributed by atoms with Crippen molar-refractivity contribution < 1.29 is 9.18 Å². The second-order valence-electron chi connectivity index (χ2n) is 4.62. The number of halogens is 1. The van der Waals surface area contributed by atoms with Crippen LogP contribution in [0.3, 0.4) is 0 Å². The number of amides is 1. The van der Waals surface area contributed by atoms with Crippen LogP contribution in [0, 0.1) is 5.82 Å². The fraction of sp³-hybridized carbons (Fsp3) is 0.0625. The molecule has 5 nitrogen and oxygen atoms in total. The molecule has 0 saturated carbocycles. The summed E-state index contributed by atoms with van der Waals surface area (Å²) in [7, 11) is 0. The monoisotopic (exact) mass is 328 g/mol. The third kappa shape index (κ3) is 3.95. The van der Waals surface area contributed by atoms with E-state index in [0.717, 1.165) is 11.8 Å². The van der Waals surface area contributed by atoms with Gasteiger partial charge >= 0.3 is 0 Å². The summed E-state index contributed by atoms with van der Waals surface area (Å²) < 4.78 is 15.1. The van der Waals surface area contributed by atoms with E-state index in [0.29, 0.717) is 16.4 Å². The zero-order chi connectivity index (χ0) is 16.1. The molecule has 0 aliphatic rings. The molecule has 3 aromatic rings. The van der Waals surface area contributed by atoms with Gasteiger partial charge in [0.2, 0.25) is 5.91 Å². The summed E-state index contributed by atoms with van der Waals surface area (Å²) in [4.78, 5) is 16.6. The van der Waals surface area contributed by atoms with Crippen molar-refractivity contribution in [1.82, 2.24) is 14.8 Å². The number of benzene rings is 1. The van der Waals surface area contributed by atoms with Gasteiger partial charge in [0.05, 0.1) is 17.6 Å². The predicted octanol–water partition coefficient (Wildman–Crippen LogP) is 3.14. The highest BCUT2D eigenvalue weighted by atomic mass is 32.2. The van der Waals surface area contributed by atoms with E-state index in [1.54, 1.807) is 59.7 Å². The smallest absolute Gasteiger partial charge is 0.234 e. The molecule has 0 aliphatic heterocycles. The van der Waals surface area contributed by atoms with Crippen LogP contribution >= 0.6 is 11.8 Å². The number of hydrogen-bond acceptors (Lipinski definition) is 4. The lowest BCUT2D eigenvalue weighted by atomic mass is 10.3. The van der Waals surface area contributed by atoms with Crippen LogP contribution in [0.4, 0.5) is 10.1 Å². The molecule has 0 saturated heterocycles. The lowest BCUT2D eigenvalue weighted by Gasteiger charge is -2.06. The van der Waals surface area contributed by atoms with Gasteiger partial charge in [-0.05, 0) is 30.3 Å². The van der Waals surface area contributed by atoms with Gasteiger partial charge in [-0.15, -0.1) is 11.8 Å². The summed E-state index contributed by atoms with van der Waals surface area (Å²) >= 11 is 1.15. The van der Waals surface area contributed by atoms with Gasteiger partial charge in [-0.2, -0.15) is 5.10 Å². The van der Waals surface area contributed by atoms with E-state index in [1.807, 2.05) is 0 Å². The van der Waals surface area contributed by atoms with E-state index in [-0.39, 0.29) is 17.5 Å². The third-order valence-corrected chi connectivity index (χ3v) is 4.01. The molecule has 0 spiro atoms. The van der Waals surface area contributed by atoms with E-state index in [4.69, 9.17) is 0 Å². The number of rotatable bonds is 5. The predicted molar refractivity (Wildman–Crippen MR) is 87.1 cm³/mol. The van der Waals surface area contributed by atoms with Crippen molar-refractivity contribution in [2.45, 2.75) is 4.90 Å². The second-order valence-corrected chi connectivity index (χ2v) is 5.64. The van der Waals surface area contributed by atoms with Crippen LogP contribution in [0.25, 0.3) is 5.82 Å². The summed E-state index contributed by atoms with van der Waals surface area (Å²) in [5.74, 6) is 0.248. The molecular formula is C16H13FN4OS.